The molecule has 1 aromatic heterocycles. The van der Waals surface area contributed by atoms with E-state index in [0.29, 0.717) is 31.3 Å². The Kier molecular flexibility index (Phi) is 3.72. The summed E-state index contributed by atoms with van der Waals surface area (Å²) in [4.78, 5) is 28.4. The van der Waals surface area contributed by atoms with Crippen LogP contribution in [-0.2, 0) is 4.79 Å². The van der Waals surface area contributed by atoms with E-state index in [-0.39, 0.29) is 11.5 Å². The maximum atomic E-state index is 10.6. The highest BCUT2D eigenvalue weighted by molar-refractivity contribution is 7.18. The molecule has 2 heterocycles. The van der Waals surface area contributed by atoms with Crippen LogP contribution in [0.3, 0.4) is 0 Å². The van der Waals surface area contributed by atoms with Crippen LogP contribution in [0.2, 0.25) is 0 Å². The molecule has 0 atom stereocenters. The van der Waals surface area contributed by atoms with Crippen molar-refractivity contribution in [3.63, 3.8) is 0 Å². The topological polar surface area (TPSA) is 99.8 Å². The van der Waals surface area contributed by atoms with Crippen molar-refractivity contribution >= 4 is 27.4 Å². The number of piperazine rings is 1. The predicted molar refractivity (Wildman–Crippen MR) is 65.1 cm³/mol. The summed E-state index contributed by atoms with van der Waals surface area (Å²) in [5.74, 6) is -0.840. The number of carboxylic acids is 1. The zero-order valence-electron chi connectivity index (χ0n) is 9.48. The van der Waals surface area contributed by atoms with Gasteiger partial charge in [-0.25, -0.2) is 4.98 Å². The van der Waals surface area contributed by atoms with Crippen molar-refractivity contribution < 1.29 is 14.8 Å². The van der Waals surface area contributed by atoms with Crippen LogP contribution in [0, 0.1) is 10.1 Å². The second kappa shape index (κ2) is 5.27. The van der Waals surface area contributed by atoms with Crippen LogP contribution in [0.1, 0.15) is 0 Å². The second-order valence-electron chi connectivity index (χ2n) is 3.90. The minimum Gasteiger partial charge on any atom is -0.480 e. The van der Waals surface area contributed by atoms with Crippen molar-refractivity contribution in [3.8, 4) is 0 Å². The molecule has 0 aliphatic carbocycles. The molecule has 8 nitrogen and oxygen atoms in total. The number of hydrogen-bond donors (Lipinski definition) is 1. The van der Waals surface area contributed by atoms with E-state index >= 15 is 0 Å². The predicted octanol–water partition coefficient (Wildman–Crippen LogP) is 0.258. The van der Waals surface area contributed by atoms with Gasteiger partial charge in [0.1, 0.15) is 6.20 Å². The first-order chi connectivity index (χ1) is 8.56. The van der Waals surface area contributed by atoms with Crippen molar-refractivity contribution in [3.05, 3.63) is 16.3 Å². The van der Waals surface area contributed by atoms with E-state index in [2.05, 4.69) is 4.98 Å². The molecule has 0 saturated carbocycles. The lowest BCUT2D eigenvalue weighted by Crippen LogP contribution is -2.47. The molecule has 1 aromatic rings. The Balaban J connectivity index is 1.92. The van der Waals surface area contributed by atoms with Crippen molar-refractivity contribution in [1.29, 1.82) is 0 Å². The summed E-state index contributed by atoms with van der Waals surface area (Å²) in [6.07, 6.45) is 1.25. The van der Waals surface area contributed by atoms with Crippen LogP contribution in [0.5, 0.6) is 0 Å². The lowest BCUT2D eigenvalue weighted by molar-refractivity contribution is -0.380. The number of aliphatic carboxylic acids is 1. The zero-order valence-corrected chi connectivity index (χ0v) is 10.3. The number of thiazole rings is 1. The summed E-state index contributed by atoms with van der Waals surface area (Å²) in [5.41, 5.74) is 0. The van der Waals surface area contributed by atoms with Gasteiger partial charge in [-0.2, -0.15) is 0 Å². The lowest BCUT2D eigenvalue weighted by Gasteiger charge is -2.33. The molecule has 1 aliphatic rings. The van der Waals surface area contributed by atoms with E-state index in [9.17, 15) is 14.9 Å². The molecular formula is C9H12N4O4S. The summed E-state index contributed by atoms with van der Waals surface area (Å²) in [6, 6.07) is 0. The molecule has 0 unspecified atom stereocenters. The fourth-order valence-electron chi connectivity index (χ4n) is 1.78. The van der Waals surface area contributed by atoms with E-state index in [1.165, 1.54) is 6.20 Å². The fourth-order valence-corrected chi connectivity index (χ4v) is 2.56. The zero-order chi connectivity index (χ0) is 13.1. The largest absolute Gasteiger partial charge is 0.480 e. The molecule has 0 aromatic carbocycles. The van der Waals surface area contributed by atoms with Crippen LogP contribution < -0.4 is 4.90 Å². The molecule has 1 saturated heterocycles. The first-order valence-electron chi connectivity index (χ1n) is 5.35. The van der Waals surface area contributed by atoms with Gasteiger partial charge in [0.05, 0.1) is 11.5 Å². The number of rotatable bonds is 4. The quantitative estimate of drug-likeness (QED) is 0.619. The number of aromatic nitrogens is 1. The average molecular weight is 272 g/mol. The Labute approximate surface area is 107 Å². The minimum atomic E-state index is -0.840. The molecule has 2 rings (SSSR count). The minimum absolute atomic E-state index is 0.0259. The van der Waals surface area contributed by atoms with E-state index in [4.69, 9.17) is 5.11 Å². The van der Waals surface area contributed by atoms with Crippen molar-refractivity contribution in [2.75, 3.05) is 37.6 Å². The number of anilines is 1. The molecule has 0 radical (unpaired) electrons. The summed E-state index contributed by atoms with van der Waals surface area (Å²) < 4.78 is 0. The number of carbonyl (C=O) groups is 1. The van der Waals surface area contributed by atoms with Gasteiger partial charge in [0, 0.05) is 26.2 Å². The Morgan fingerprint density at radius 3 is 2.67 bits per heavy atom. The Bertz CT molecular complexity index is 455. The van der Waals surface area contributed by atoms with Gasteiger partial charge in [0.2, 0.25) is 0 Å². The summed E-state index contributed by atoms with van der Waals surface area (Å²) >= 11 is 1.04. The maximum absolute atomic E-state index is 10.6. The molecular weight excluding hydrogens is 260 g/mol. The van der Waals surface area contributed by atoms with Crippen LogP contribution in [0.25, 0.3) is 0 Å². The highest BCUT2D eigenvalue weighted by atomic mass is 32.1. The maximum Gasteiger partial charge on any atom is 0.345 e. The Hall–Kier alpha value is -1.74. The smallest absolute Gasteiger partial charge is 0.345 e. The Morgan fingerprint density at radius 1 is 1.50 bits per heavy atom. The van der Waals surface area contributed by atoms with Crippen molar-refractivity contribution in [2.24, 2.45) is 0 Å². The van der Waals surface area contributed by atoms with Gasteiger partial charge in [0.25, 0.3) is 0 Å². The first-order valence-corrected chi connectivity index (χ1v) is 6.17. The van der Waals surface area contributed by atoms with E-state index < -0.39 is 10.9 Å². The third kappa shape index (κ3) is 2.93. The first kappa shape index (κ1) is 12.7. The molecule has 0 bridgehead atoms. The molecule has 0 spiro atoms. The van der Waals surface area contributed by atoms with E-state index in [0.717, 1.165) is 11.3 Å². The molecule has 0 amide bonds. The lowest BCUT2D eigenvalue weighted by atomic mass is 10.3. The number of nitrogens with zero attached hydrogens (tertiary/aromatic N) is 4. The van der Waals surface area contributed by atoms with Gasteiger partial charge >= 0.3 is 11.0 Å². The number of hydrogen-bond acceptors (Lipinski definition) is 7. The van der Waals surface area contributed by atoms with Crippen molar-refractivity contribution in [1.82, 2.24) is 9.88 Å². The fraction of sp³-hybridized carbons (Fsp3) is 0.556. The van der Waals surface area contributed by atoms with Crippen LogP contribution in [0.15, 0.2) is 6.20 Å². The van der Waals surface area contributed by atoms with Gasteiger partial charge in [-0.3, -0.25) is 19.8 Å². The highest BCUT2D eigenvalue weighted by Gasteiger charge is 2.22. The van der Waals surface area contributed by atoms with Crippen LogP contribution in [0.4, 0.5) is 10.1 Å². The molecule has 98 valence electrons. The monoisotopic (exact) mass is 272 g/mol. The van der Waals surface area contributed by atoms with Crippen LogP contribution >= 0.6 is 11.3 Å². The van der Waals surface area contributed by atoms with Gasteiger partial charge in [-0.15, -0.1) is 0 Å². The summed E-state index contributed by atoms with van der Waals surface area (Å²) in [6.45, 7) is 2.56. The van der Waals surface area contributed by atoms with E-state index in [1.54, 1.807) is 0 Å². The molecule has 18 heavy (non-hydrogen) atoms. The van der Waals surface area contributed by atoms with Gasteiger partial charge in [-0.05, 0) is 11.3 Å². The highest BCUT2D eigenvalue weighted by Crippen LogP contribution is 2.28. The van der Waals surface area contributed by atoms with Gasteiger partial charge in [0.15, 0.2) is 5.13 Å². The van der Waals surface area contributed by atoms with Crippen molar-refractivity contribution in [2.45, 2.75) is 0 Å². The summed E-state index contributed by atoms with van der Waals surface area (Å²) in [7, 11) is 0. The number of nitro groups is 1. The van der Waals surface area contributed by atoms with Gasteiger partial charge < -0.3 is 10.0 Å². The third-order valence-corrected chi connectivity index (χ3v) is 3.67. The standard InChI is InChI=1S/C9H12N4O4S/c14-8(15)6-11-1-3-12(4-2-11)9-10-5-7(18-9)13(16)17/h5H,1-4,6H2,(H,14,15). The Morgan fingerprint density at radius 2 is 2.17 bits per heavy atom. The SMILES string of the molecule is O=C(O)CN1CCN(c2ncc([N+](=O)[O-])s2)CC1. The molecule has 1 aliphatic heterocycles. The second-order valence-corrected chi connectivity index (χ2v) is 4.88. The third-order valence-electron chi connectivity index (χ3n) is 2.66. The number of carboxylic acid groups (broad SMARTS) is 1. The average Bonchev–Trinajstić information content (AvgIpc) is 2.78. The van der Waals surface area contributed by atoms with E-state index in [1.807, 2.05) is 9.80 Å². The van der Waals surface area contributed by atoms with Gasteiger partial charge in [-0.1, -0.05) is 0 Å². The molecule has 1 N–H and O–H groups in total. The molecule has 1 fully saturated rings. The summed E-state index contributed by atoms with van der Waals surface area (Å²) in [5, 5.41) is 19.9. The van der Waals surface area contributed by atoms with Crippen LogP contribution in [-0.4, -0.2) is 58.6 Å². The molecule has 9 heteroatoms. The normalized spacial score (nSPS) is 16.8.